The molecule has 0 amide bonds. The van der Waals surface area contributed by atoms with Crippen molar-refractivity contribution in [2.45, 2.75) is 33.6 Å². The van der Waals surface area contributed by atoms with Gasteiger partial charge in [-0.3, -0.25) is 0 Å². The fourth-order valence-electron chi connectivity index (χ4n) is 1.62. The van der Waals surface area contributed by atoms with Crippen LogP contribution < -0.4 is 5.43 Å². The highest BCUT2D eigenvalue weighted by atomic mass is 15.5. The molecule has 2 nitrogen and oxygen atoms in total. The van der Waals surface area contributed by atoms with Gasteiger partial charge in [0, 0.05) is 19.3 Å². The lowest BCUT2D eigenvalue weighted by atomic mass is 9.87. The maximum absolute atomic E-state index is 3.43. The van der Waals surface area contributed by atoms with E-state index in [0.717, 1.165) is 12.5 Å². The number of nitrogens with zero attached hydrogens (tertiary/aromatic N) is 1. The predicted molar refractivity (Wildman–Crippen MR) is 55.0 cm³/mol. The molecule has 0 aromatic carbocycles. The zero-order chi connectivity index (χ0) is 9.47. The van der Waals surface area contributed by atoms with Crippen molar-refractivity contribution in [3.8, 4) is 0 Å². The maximum atomic E-state index is 3.43. The fraction of sp³-hybridized carbons (Fsp3) is 0.818. The molecular weight excluding hydrogens is 160 g/mol. The van der Waals surface area contributed by atoms with Gasteiger partial charge in [0.25, 0.3) is 0 Å². The highest BCUT2D eigenvalue weighted by Gasteiger charge is 2.27. The summed E-state index contributed by atoms with van der Waals surface area (Å²) in [5, 5.41) is 2.28. The van der Waals surface area contributed by atoms with E-state index in [1.807, 2.05) is 0 Å². The molecule has 2 aliphatic rings. The molecule has 1 aliphatic carbocycles. The third kappa shape index (κ3) is 2.25. The molecule has 1 heterocycles. The lowest BCUT2D eigenvalue weighted by Gasteiger charge is -2.18. The summed E-state index contributed by atoms with van der Waals surface area (Å²) in [5.41, 5.74) is 5.27. The topological polar surface area (TPSA) is 15.3 Å². The average molecular weight is 180 g/mol. The molecule has 0 aromatic heterocycles. The van der Waals surface area contributed by atoms with Gasteiger partial charge in [-0.2, -0.15) is 0 Å². The van der Waals surface area contributed by atoms with Crippen molar-refractivity contribution >= 4 is 0 Å². The van der Waals surface area contributed by atoms with Crippen molar-refractivity contribution in [1.29, 1.82) is 0 Å². The van der Waals surface area contributed by atoms with E-state index in [9.17, 15) is 0 Å². The molecule has 1 N–H and O–H groups in total. The van der Waals surface area contributed by atoms with Crippen LogP contribution in [0.5, 0.6) is 0 Å². The zero-order valence-electron chi connectivity index (χ0n) is 8.93. The Hall–Kier alpha value is -0.500. The van der Waals surface area contributed by atoms with Crippen LogP contribution in [0, 0.1) is 11.3 Å². The summed E-state index contributed by atoms with van der Waals surface area (Å²) in [6.45, 7) is 9.08. The van der Waals surface area contributed by atoms with Crippen LogP contribution in [0.4, 0.5) is 0 Å². The highest BCUT2D eigenvalue weighted by molar-refractivity contribution is 5.15. The van der Waals surface area contributed by atoms with E-state index in [4.69, 9.17) is 0 Å². The van der Waals surface area contributed by atoms with Crippen molar-refractivity contribution in [2.75, 3.05) is 13.1 Å². The molecule has 1 aliphatic heterocycles. The van der Waals surface area contributed by atoms with Gasteiger partial charge in [0.1, 0.15) is 0 Å². The Morgan fingerprint density at radius 1 is 1.46 bits per heavy atom. The number of hydrogen-bond acceptors (Lipinski definition) is 2. The lowest BCUT2D eigenvalue weighted by Crippen LogP contribution is -2.30. The van der Waals surface area contributed by atoms with Gasteiger partial charge in [0.2, 0.25) is 0 Å². The van der Waals surface area contributed by atoms with Gasteiger partial charge in [-0.25, -0.2) is 5.43 Å². The van der Waals surface area contributed by atoms with E-state index in [1.165, 1.54) is 25.0 Å². The molecule has 0 spiro atoms. The molecule has 0 saturated heterocycles. The minimum Gasteiger partial charge on any atom is -0.315 e. The molecule has 0 radical (unpaired) electrons. The molecule has 13 heavy (non-hydrogen) atoms. The number of rotatable bonds is 2. The third-order valence-corrected chi connectivity index (χ3v) is 2.90. The first-order chi connectivity index (χ1) is 6.05. The van der Waals surface area contributed by atoms with Gasteiger partial charge in [-0.15, -0.1) is 0 Å². The Kier molecular flexibility index (Phi) is 2.11. The first-order valence-electron chi connectivity index (χ1n) is 5.27. The van der Waals surface area contributed by atoms with Gasteiger partial charge in [0.15, 0.2) is 0 Å². The largest absolute Gasteiger partial charge is 0.315 e. The molecule has 0 unspecified atom stereocenters. The lowest BCUT2D eigenvalue weighted by molar-refractivity contribution is 0.293. The molecular formula is C11H20N2. The summed E-state index contributed by atoms with van der Waals surface area (Å²) >= 11 is 0. The van der Waals surface area contributed by atoms with Crippen LogP contribution in [0.3, 0.4) is 0 Å². The second-order valence-corrected chi connectivity index (χ2v) is 5.33. The Morgan fingerprint density at radius 2 is 2.15 bits per heavy atom. The molecule has 1 fully saturated rings. The van der Waals surface area contributed by atoms with Crippen LogP contribution in [0.15, 0.2) is 11.8 Å². The van der Waals surface area contributed by atoms with Crippen LogP contribution in [-0.2, 0) is 0 Å². The summed E-state index contributed by atoms with van der Waals surface area (Å²) in [6.07, 6.45) is 5.16. The standard InChI is InChI=1S/C11H20N2/c1-11(2,3)10-6-12-13(8-10)7-9-4-5-9/h8-9,12H,4-7H2,1-3H3. The van der Waals surface area contributed by atoms with Crippen molar-refractivity contribution in [3.63, 3.8) is 0 Å². The molecule has 1 saturated carbocycles. The Morgan fingerprint density at radius 3 is 2.62 bits per heavy atom. The van der Waals surface area contributed by atoms with E-state index < -0.39 is 0 Å². The van der Waals surface area contributed by atoms with Crippen LogP contribution in [0.25, 0.3) is 0 Å². The Labute approximate surface area is 81.0 Å². The Balaban J connectivity index is 1.92. The maximum Gasteiger partial charge on any atom is 0.0383 e. The van der Waals surface area contributed by atoms with E-state index in [-0.39, 0.29) is 0 Å². The van der Waals surface area contributed by atoms with Crippen LogP contribution in [0.1, 0.15) is 33.6 Å². The molecule has 0 atom stereocenters. The molecule has 0 bridgehead atoms. The number of hydrazine groups is 1. The van der Waals surface area contributed by atoms with E-state index in [1.54, 1.807) is 0 Å². The first kappa shape index (κ1) is 9.07. The van der Waals surface area contributed by atoms with Gasteiger partial charge in [0.05, 0.1) is 0 Å². The average Bonchev–Trinajstić information content (AvgIpc) is 2.63. The van der Waals surface area contributed by atoms with E-state index >= 15 is 0 Å². The van der Waals surface area contributed by atoms with Crippen LogP contribution >= 0.6 is 0 Å². The number of hydrogen-bond donors (Lipinski definition) is 1. The van der Waals surface area contributed by atoms with Crippen LogP contribution in [0.2, 0.25) is 0 Å². The fourth-order valence-corrected chi connectivity index (χ4v) is 1.62. The SMILES string of the molecule is CC(C)(C)C1=CN(CC2CC2)NC1. The van der Waals surface area contributed by atoms with Crippen molar-refractivity contribution < 1.29 is 0 Å². The minimum absolute atomic E-state index is 0.325. The zero-order valence-corrected chi connectivity index (χ0v) is 8.93. The minimum atomic E-state index is 0.325. The predicted octanol–water partition coefficient (Wildman–Crippen LogP) is 2.15. The Bertz CT molecular complexity index is 221. The van der Waals surface area contributed by atoms with E-state index in [2.05, 4.69) is 37.4 Å². The van der Waals surface area contributed by atoms with Gasteiger partial charge < -0.3 is 5.01 Å². The summed E-state index contributed by atoms with van der Waals surface area (Å²) < 4.78 is 0. The summed E-state index contributed by atoms with van der Waals surface area (Å²) in [4.78, 5) is 0. The summed E-state index contributed by atoms with van der Waals surface area (Å²) in [6, 6.07) is 0. The summed E-state index contributed by atoms with van der Waals surface area (Å²) in [7, 11) is 0. The number of nitrogens with one attached hydrogen (secondary N) is 1. The monoisotopic (exact) mass is 180 g/mol. The smallest absolute Gasteiger partial charge is 0.0383 e. The molecule has 2 heteroatoms. The van der Waals surface area contributed by atoms with Gasteiger partial charge in [-0.05, 0) is 29.7 Å². The van der Waals surface area contributed by atoms with Crippen molar-refractivity contribution in [1.82, 2.24) is 10.4 Å². The van der Waals surface area contributed by atoms with Gasteiger partial charge >= 0.3 is 0 Å². The molecule has 2 rings (SSSR count). The van der Waals surface area contributed by atoms with Crippen molar-refractivity contribution in [2.24, 2.45) is 11.3 Å². The van der Waals surface area contributed by atoms with Crippen LogP contribution in [-0.4, -0.2) is 18.1 Å². The van der Waals surface area contributed by atoms with Gasteiger partial charge in [-0.1, -0.05) is 20.8 Å². The second kappa shape index (κ2) is 3.02. The normalized spacial score (nSPS) is 23.6. The second-order valence-electron chi connectivity index (χ2n) is 5.33. The molecule has 74 valence electrons. The first-order valence-corrected chi connectivity index (χ1v) is 5.27. The quantitative estimate of drug-likeness (QED) is 0.700. The van der Waals surface area contributed by atoms with E-state index in [0.29, 0.717) is 5.41 Å². The third-order valence-electron chi connectivity index (χ3n) is 2.90. The van der Waals surface area contributed by atoms with Crippen molar-refractivity contribution in [3.05, 3.63) is 11.8 Å². The highest BCUT2D eigenvalue weighted by Crippen LogP contribution is 2.32. The summed E-state index contributed by atoms with van der Waals surface area (Å²) in [5.74, 6) is 0.961. The molecule has 0 aromatic rings.